The molecule has 0 radical (unpaired) electrons. The van der Waals surface area contributed by atoms with Crippen molar-refractivity contribution in [2.45, 2.75) is 124 Å². The molecule has 0 aliphatic heterocycles. The SMILES string of the molecule is CCCCCCCCCCCC(=O)Nc1ccc(/C=C/C(=O)OCCCCCC[Si](OCC)(OCC)OCC)cc1. The highest BCUT2D eigenvalue weighted by atomic mass is 28.4. The van der Waals surface area contributed by atoms with Crippen molar-refractivity contribution in [3.8, 4) is 0 Å². The van der Waals surface area contributed by atoms with Crippen molar-refractivity contribution in [3.05, 3.63) is 35.9 Å². The van der Waals surface area contributed by atoms with Gasteiger partial charge in [-0.2, -0.15) is 0 Å². The molecule has 7 nitrogen and oxygen atoms in total. The molecule has 1 N–H and O–H groups in total. The number of ether oxygens (including phenoxy) is 1. The van der Waals surface area contributed by atoms with Crippen LogP contribution in [0.1, 0.15) is 123 Å². The van der Waals surface area contributed by atoms with Crippen molar-refractivity contribution in [1.82, 2.24) is 0 Å². The predicted molar refractivity (Wildman–Crippen MR) is 171 cm³/mol. The lowest BCUT2D eigenvalue weighted by molar-refractivity contribution is -0.137. The van der Waals surface area contributed by atoms with E-state index >= 15 is 0 Å². The van der Waals surface area contributed by atoms with E-state index in [0.717, 1.165) is 55.8 Å². The van der Waals surface area contributed by atoms with Gasteiger partial charge in [0.25, 0.3) is 0 Å². The van der Waals surface area contributed by atoms with Gasteiger partial charge in [-0.3, -0.25) is 4.79 Å². The number of carbonyl (C=O) groups excluding carboxylic acids is 2. The van der Waals surface area contributed by atoms with Crippen LogP contribution in [0.5, 0.6) is 0 Å². The molecule has 0 heterocycles. The lowest BCUT2D eigenvalue weighted by Gasteiger charge is -2.28. The van der Waals surface area contributed by atoms with Gasteiger partial charge in [0.2, 0.25) is 5.91 Å². The zero-order chi connectivity index (χ0) is 30.0. The average Bonchev–Trinajstić information content (AvgIpc) is 2.96. The number of nitrogens with one attached hydrogen (secondary N) is 1. The number of carbonyl (C=O) groups is 2. The minimum Gasteiger partial charge on any atom is -0.463 e. The van der Waals surface area contributed by atoms with Crippen molar-refractivity contribution in [1.29, 1.82) is 0 Å². The molecule has 0 spiro atoms. The highest BCUT2D eigenvalue weighted by Crippen LogP contribution is 2.20. The van der Waals surface area contributed by atoms with Crippen molar-refractivity contribution in [3.63, 3.8) is 0 Å². The summed E-state index contributed by atoms with van der Waals surface area (Å²) in [5.41, 5.74) is 1.65. The highest BCUT2D eigenvalue weighted by Gasteiger charge is 2.39. The molecule has 0 unspecified atom stereocenters. The van der Waals surface area contributed by atoms with Crippen molar-refractivity contribution >= 4 is 32.4 Å². The number of benzene rings is 1. The van der Waals surface area contributed by atoms with E-state index in [1.165, 1.54) is 51.0 Å². The largest absolute Gasteiger partial charge is 0.500 e. The molecule has 0 aromatic heterocycles. The van der Waals surface area contributed by atoms with Crippen LogP contribution >= 0.6 is 0 Å². The number of rotatable bonds is 26. The van der Waals surface area contributed by atoms with Crippen LogP contribution in [0.4, 0.5) is 5.69 Å². The third kappa shape index (κ3) is 18.9. The van der Waals surface area contributed by atoms with Gasteiger partial charge in [0, 0.05) is 44.0 Å². The summed E-state index contributed by atoms with van der Waals surface area (Å²) in [6, 6.07) is 8.30. The second-order valence-corrected chi connectivity index (χ2v) is 13.1. The van der Waals surface area contributed by atoms with E-state index in [2.05, 4.69) is 12.2 Å². The predicted octanol–water partition coefficient (Wildman–Crippen LogP) is 8.71. The number of esters is 1. The third-order valence-corrected chi connectivity index (χ3v) is 9.98. The highest BCUT2D eigenvalue weighted by molar-refractivity contribution is 6.60. The van der Waals surface area contributed by atoms with Crippen LogP contribution < -0.4 is 5.32 Å². The molecule has 1 aromatic carbocycles. The first-order chi connectivity index (χ1) is 20.0. The van der Waals surface area contributed by atoms with E-state index in [1.54, 1.807) is 6.08 Å². The molecule has 0 saturated heterocycles. The molecule has 234 valence electrons. The first-order valence-electron chi connectivity index (χ1n) is 16.1. The van der Waals surface area contributed by atoms with Gasteiger partial charge in [-0.25, -0.2) is 4.79 Å². The summed E-state index contributed by atoms with van der Waals surface area (Å²) in [6.45, 7) is 10.3. The number of hydrogen-bond acceptors (Lipinski definition) is 6. The van der Waals surface area contributed by atoms with E-state index < -0.39 is 8.80 Å². The third-order valence-electron chi connectivity index (χ3n) is 6.83. The minimum absolute atomic E-state index is 0.0547. The smallest absolute Gasteiger partial charge is 0.463 e. The van der Waals surface area contributed by atoms with Crippen LogP contribution in [0, 0.1) is 0 Å². The van der Waals surface area contributed by atoms with Crippen LogP contribution in [-0.2, 0) is 27.6 Å². The molecule has 1 aromatic rings. The van der Waals surface area contributed by atoms with E-state index in [1.807, 2.05) is 45.0 Å². The molecular weight excluding hydrogens is 534 g/mol. The van der Waals surface area contributed by atoms with Gasteiger partial charge < -0.3 is 23.3 Å². The van der Waals surface area contributed by atoms with Crippen LogP contribution in [0.2, 0.25) is 6.04 Å². The molecule has 1 rings (SSSR count). The van der Waals surface area contributed by atoms with Crippen molar-refractivity contribution in [2.75, 3.05) is 31.7 Å². The van der Waals surface area contributed by atoms with Crippen LogP contribution in [-0.4, -0.2) is 47.1 Å². The van der Waals surface area contributed by atoms with Gasteiger partial charge in [0.15, 0.2) is 0 Å². The zero-order valence-corrected chi connectivity index (χ0v) is 27.3. The lowest BCUT2D eigenvalue weighted by atomic mass is 10.1. The maximum absolute atomic E-state index is 12.2. The Morgan fingerprint density at radius 1 is 0.707 bits per heavy atom. The van der Waals surface area contributed by atoms with Crippen LogP contribution in [0.15, 0.2) is 30.3 Å². The normalized spacial score (nSPS) is 11.7. The van der Waals surface area contributed by atoms with Crippen LogP contribution in [0.3, 0.4) is 0 Å². The fourth-order valence-corrected chi connectivity index (χ4v) is 7.37. The molecule has 0 saturated carbocycles. The monoisotopic (exact) mass is 591 g/mol. The maximum atomic E-state index is 12.2. The maximum Gasteiger partial charge on any atom is 0.500 e. The van der Waals surface area contributed by atoms with Gasteiger partial charge in [-0.05, 0) is 63.8 Å². The Morgan fingerprint density at radius 3 is 1.83 bits per heavy atom. The molecule has 41 heavy (non-hydrogen) atoms. The molecule has 0 bridgehead atoms. The Labute approximate surface area is 251 Å². The lowest BCUT2D eigenvalue weighted by Crippen LogP contribution is -2.45. The van der Waals surface area contributed by atoms with Gasteiger partial charge in [0.1, 0.15) is 0 Å². The summed E-state index contributed by atoms with van der Waals surface area (Å²) >= 11 is 0. The average molecular weight is 592 g/mol. The number of hydrogen-bond donors (Lipinski definition) is 1. The molecule has 1 amide bonds. The van der Waals surface area contributed by atoms with Gasteiger partial charge in [-0.1, -0.05) is 83.3 Å². The summed E-state index contributed by atoms with van der Waals surface area (Å²) in [7, 11) is -2.57. The standard InChI is InChI=1S/C33H57NO6Si/c1-5-9-10-11-12-13-14-15-18-21-32(35)34-31-25-22-30(23-26-31)24-27-33(36)37-28-19-16-17-20-29-41(38-6-2,39-7-3)40-8-4/h22-27H,5-21,28-29H2,1-4H3,(H,34,35)/b27-24+. The Kier molecular flexibility index (Phi) is 22.2. The summed E-state index contributed by atoms with van der Waals surface area (Å²) in [5, 5.41) is 2.96. The van der Waals surface area contributed by atoms with Crippen molar-refractivity contribution < 1.29 is 27.6 Å². The number of amides is 1. The van der Waals surface area contributed by atoms with Gasteiger partial charge in [0.05, 0.1) is 6.61 Å². The summed E-state index contributed by atoms with van der Waals surface area (Å²) in [5.74, 6) is -0.294. The Bertz CT molecular complexity index is 812. The van der Waals surface area contributed by atoms with E-state index in [0.29, 0.717) is 32.8 Å². The summed E-state index contributed by atoms with van der Waals surface area (Å²) in [4.78, 5) is 24.3. The quantitative estimate of drug-likeness (QED) is 0.0502. The molecular formula is C33H57NO6Si. The summed E-state index contributed by atoms with van der Waals surface area (Å²) in [6.07, 6.45) is 18.7. The fourth-order valence-electron chi connectivity index (χ4n) is 4.68. The van der Waals surface area contributed by atoms with E-state index in [4.69, 9.17) is 18.0 Å². The first kappa shape index (κ1) is 37.0. The fraction of sp³-hybridized carbons (Fsp3) is 0.697. The second-order valence-electron chi connectivity index (χ2n) is 10.4. The Balaban J connectivity index is 2.19. The first-order valence-corrected chi connectivity index (χ1v) is 18.1. The molecule has 0 aliphatic rings. The van der Waals surface area contributed by atoms with Gasteiger partial charge in [-0.15, -0.1) is 0 Å². The molecule has 0 aliphatic carbocycles. The zero-order valence-electron chi connectivity index (χ0n) is 26.3. The van der Waals surface area contributed by atoms with Crippen molar-refractivity contribution in [2.24, 2.45) is 0 Å². The second kappa shape index (κ2) is 24.6. The minimum atomic E-state index is -2.57. The van der Waals surface area contributed by atoms with E-state index in [-0.39, 0.29) is 11.9 Å². The molecule has 0 atom stereocenters. The number of anilines is 1. The van der Waals surface area contributed by atoms with E-state index in [9.17, 15) is 9.59 Å². The van der Waals surface area contributed by atoms with Crippen LogP contribution in [0.25, 0.3) is 6.08 Å². The molecule has 0 fully saturated rings. The Morgan fingerprint density at radius 2 is 1.24 bits per heavy atom. The summed E-state index contributed by atoms with van der Waals surface area (Å²) < 4.78 is 23.0. The number of unbranched alkanes of at least 4 members (excludes halogenated alkanes) is 11. The molecule has 8 heteroatoms. The Hall–Kier alpha value is -2.00. The van der Waals surface area contributed by atoms with Gasteiger partial charge >= 0.3 is 14.8 Å². The topological polar surface area (TPSA) is 83.1 Å².